The number of nitrogens with one attached hydrogen (secondary N) is 3. The van der Waals surface area contributed by atoms with Gasteiger partial charge in [-0.15, -0.1) is 0 Å². The summed E-state index contributed by atoms with van der Waals surface area (Å²) in [5, 5.41) is 9.17. The summed E-state index contributed by atoms with van der Waals surface area (Å²) in [5.74, 6) is 0.912. The van der Waals surface area contributed by atoms with E-state index in [2.05, 4.69) is 22.9 Å². The molecule has 0 spiro atoms. The molecule has 0 aromatic heterocycles. The highest BCUT2D eigenvalue weighted by Gasteiger charge is 2.22. The van der Waals surface area contributed by atoms with Gasteiger partial charge in [-0.3, -0.25) is 9.59 Å². The average molecular weight is 331 g/mol. The van der Waals surface area contributed by atoms with E-state index in [9.17, 15) is 9.59 Å². The number of amides is 2. The summed E-state index contributed by atoms with van der Waals surface area (Å²) in [5.41, 5.74) is 1.35. The maximum atomic E-state index is 12.2. The molecule has 2 unspecified atom stereocenters. The molecule has 1 aliphatic heterocycles. The van der Waals surface area contributed by atoms with Gasteiger partial charge >= 0.3 is 0 Å². The summed E-state index contributed by atoms with van der Waals surface area (Å²) in [6, 6.07) is 7.06. The molecule has 0 radical (unpaired) electrons. The van der Waals surface area contributed by atoms with Crippen LogP contribution in [0.1, 0.15) is 49.9 Å². The number of hydrogen-bond donors (Lipinski definition) is 3. The van der Waals surface area contributed by atoms with Crippen molar-refractivity contribution in [3.05, 3.63) is 29.8 Å². The van der Waals surface area contributed by atoms with Gasteiger partial charge in [0, 0.05) is 24.2 Å². The average Bonchev–Trinajstić information content (AvgIpc) is 2.61. The molecule has 1 heterocycles. The molecular weight excluding hydrogens is 302 g/mol. The van der Waals surface area contributed by atoms with Gasteiger partial charge in [0.1, 0.15) is 0 Å². The molecule has 132 valence electrons. The van der Waals surface area contributed by atoms with Crippen LogP contribution < -0.4 is 16.0 Å². The summed E-state index contributed by atoms with van der Waals surface area (Å²) in [6.07, 6.45) is 3.83. The van der Waals surface area contributed by atoms with E-state index in [1.54, 1.807) is 24.3 Å². The predicted molar refractivity (Wildman–Crippen MR) is 97.1 cm³/mol. The molecular formula is C19H29N3O2. The number of hydrogen-bond acceptors (Lipinski definition) is 3. The molecule has 1 fully saturated rings. The van der Waals surface area contributed by atoms with Gasteiger partial charge in [0.2, 0.25) is 5.91 Å². The summed E-state index contributed by atoms with van der Waals surface area (Å²) < 4.78 is 0. The van der Waals surface area contributed by atoms with Gasteiger partial charge in [-0.2, -0.15) is 0 Å². The lowest BCUT2D eigenvalue weighted by atomic mass is 9.85. The number of carbonyl (C=O) groups excluding carboxylic acids is 2. The zero-order chi connectivity index (χ0) is 17.4. The highest BCUT2D eigenvalue weighted by Crippen LogP contribution is 2.23. The van der Waals surface area contributed by atoms with Gasteiger partial charge in [-0.25, -0.2) is 0 Å². The highest BCUT2D eigenvalue weighted by atomic mass is 16.2. The van der Waals surface area contributed by atoms with Crippen LogP contribution in [0, 0.1) is 11.8 Å². The second-order valence-electron chi connectivity index (χ2n) is 6.67. The number of carbonyl (C=O) groups is 2. The SMILES string of the molecule is CCCNC(=O)c1ccc(NC(=O)CC(C)C2CCCNC2)cc1. The molecule has 24 heavy (non-hydrogen) atoms. The molecule has 3 N–H and O–H groups in total. The molecule has 0 bridgehead atoms. The first-order valence-electron chi connectivity index (χ1n) is 8.99. The van der Waals surface area contributed by atoms with Crippen LogP contribution in [0.5, 0.6) is 0 Å². The van der Waals surface area contributed by atoms with Crippen molar-refractivity contribution in [2.45, 2.75) is 39.5 Å². The van der Waals surface area contributed by atoms with Gasteiger partial charge < -0.3 is 16.0 Å². The Hall–Kier alpha value is -1.88. The molecule has 1 aromatic rings. The third-order valence-electron chi connectivity index (χ3n) is 4.61. The van der Waals surface area contributed by atoms with Crippen molar-refractivity contribution < 1.29 is 9.59 Å². The normalized spacial score (nSPS) is 18.7. The lowest BCUT2D eigenvalue weighted by molar-refractivity contribution is -0.117. The quantitative estimate of drug-likeness (QED) is 0.719. The molecule has 1 aliphatic rings. The zero-order valence-electron chi connectivity index (χ0n) is 14.7. The van der Waals surface area contributed by atoms with Crippen LogP contribution >= 0.6 is 0 Å². The van der Waals surface area contributed by atoms with E-state index in [-0.39, 0.29) is 11.8 Å². The van der Waals surface area contributed by atoms with Crippen LogP contribution in [0.3, 0.4) is 0 Å². The van der Waals surface area contributed by atoms with Crippen LogP contribution in [-0.2, 0) is 4.79 Å². The molecule has 5 nitrogen and oxygen atoms in total. The van der Waals surface area contributed by atoms with E-state index < -0.39 is 0 Å². The lowest BCUT2D eigenvalue weighted by Gasteiger charge is -2.28. The zero-order valence-corrected chi connectivity index (χ0v) is 14.7. The van der Waals surface area contributed by atoms with E-state index in [0.29, 0.717) is 30.4 Å². The van der Waals surface area contributed by atoms with Crippen LogP contribution in [0.4, 0.5) is 5.69 Å². The fourth-order valence-corrected chi connectivity index (χ4v) is 3.08. The summed E-state index contributed by atoms with van der Waals surface area (Å²) in [7, 11) is 0. The van der Waals surface area contributed by atoms with Crippen LogP contribution in [0.2, 0.25) is 0 Å². The molecule has 2 amide bonds. The largest absolute Gasteiger partial charge is 0.352 e. The molecule has 0 saturated carbocycles. The summed E-state index contributed by atoms with van der Waals surface area (Å²) in [4.78, 5) is 24.1. The number of piperidine rings is 1. The minimum Gasteiger partial charge on any atom is -0.352 e. The van der Waals surface area contributed by atoms with Crippen LogP contribution in [-0.4, -0.2) is 31.4 Å². The standard InChI is InChI=1S/C19H29N3O2/c1-3-10-21-19(24)15-6-8-17(9-7-15)22-18(23)12-14(2)16-5-4-11-20-13-16/h6-9,14,16,20H,3-5,10-13H2,1-2H3,(H,21,24)(H,22,23). The third-order valence-corrected chi connectivity index (χ3v) is 4.61. The first-order chi connectivity index (χ1) is 11.6. The van der Waals surface area contributed by atoms with Gasteiger partial charge in [0.15, 0.2) is 0 Å². The predicted octanol–water partition coefficient (Wildman–Crippen LogP) is 2.79. The number of anilines is 1. The van der Waals surface area contributed by atoms with Crippen molar-refractivity contribution in [2.24, 2.45) is 11.8 Å². The Morgan fingerprint density at radius 3 is 2.67 bits per heavy atom. The Morgan fingerprint density at radius 1 is 1.29 bits per heavy atom. The van der Waals surface area contributed by atoms with E-state index in [0.717, 1.165) is 25.2 Å². The van der Waals surface area contributed by atoms with Crippen LogP contribution in [0.15, 0.2) is 24.3 Å². The fraction of sp³-hybridized carbons (Fsp3) is 0.579. The van der Waals surface area contributed by atoms with Crippen LogP contribution in [0.25, 0.3) is 0 Å². The molecule has 2 atom stereocenters. The van der Waals surface area contributed by atoms with Gasteiger partial charge in [0.05, 0.1) is 0 Å². The smallest absolute Gasteiger partial charge is 0.251 e. The Kier molecular flexibility index (Phi) is 7.25. The van der Waals surface area contributed by atoms with Crippen molar-refractivity contribution in [3.8, 4) is 0 Å². The van der Waals surface area contributed by atoms with Crippen molar-refractivity contribution in [3.63, 3.8) is 0 Å². The Balaban J connectivity index is 1.81. The molecule has 0 aliphatic carbocycles. The minimum absolute atomic E-state index is 0.0382. The number of rotatable bonds is 7. The monoisotopic (exact) mass is 331 g/mol. The molecule has 5 heteroatoms. The first-order valence-corrected chi connectivity index (χ1v) is 8.99. The first kappa shape index (κ1) is 18.5. The highest BCUT2D eigenvalue weighted by molar-refractivity contribution is 5.95. The van der Waals surface area contributed by atoms with Crippen molar-refractivity contribution in [2.75, 3.05) is 25.0 Å². The third kappa shape index (κ3) is 5.64. The van der Waals surface area contributed by atoms with Gasteiger partial charge in [-0.1, -0.05) is 13.8 Å². The summed E-state index contributed by atoms with van der Waals surface area (Å²) >= 11 is 0. The van der Waals surface area contributed by atoms with E-state index >= 15 is 0 Å². The molecule has 1 saturated heterocycles. The Bertz CT molecular complexity index is 536. The topological polar surface area (TPSA) is 70.2 Å². The van der Waals surface area contributed by atoms with E-state index in [4.69, 9.17) is 0 Å². The van der Waals surface area contributed by atoms with Crippen molar-refractivity contribution >= 4 is 17.5 Å². The fourth-order valence-electron chi connectivity index (χ4n) is 3.08. The van der Waals surface area contributed by atoms with Gasteiger partial charge in [-0.05, 0) is 68.5 Å². The van der Waals surface area contributed by atoms with E-state index in [1.807, 2.05) is 6.92 Å². The van der Waals surface area contributed by atoms with E-state index in [1.165, 1.54) is 12.8 Å². The molecule has 2 rings (SSSR count). The number of benzene rings is 1. The Labute approximate surface area is 144 Å². The maximum absolute atomic E-state index is 12.2. The summed E-state index contributed by atoms with van der Waals surface area (Å²) in [6.45, 7) is 6.94. The second-order valence-corrected chi connectivity index (χ2v) is 6.67. The molecule has 1 aromatic carbocycles. The lowest BCUT2D eigenvalue weighted by Crippen LogP contribution is -2.34. The maximum Gasteiger partial charge on any atom is 0.251 e. The van der Waals surface area contributed by atoms with Crippen molar-refractivity contribution in [1.29, 1.82) is 0 Å². The van der Waals surface area contributed by atoms with Gasteiger partial charge in [0.25, 0.3) is 5.91 Å². The Morgan fingerprint density at radius 2 is 2.04 bits per heavy atom. The van der Waals surface area contributed by atoms with Crippen molar-refractivity contribution in [1.82, 2.24) is 10.6 Å². The second kappa shape index (κ2) is 9.42. The minimum atomic E-state index is -0.0758.